The van der Waals surface area contributed by atoms with Crippen molar-refractivity contribution >= 4 is 17.5 Å². The van der Waals surface area contributed by atoms with E-state index in [1.165, 1.54) is 0 Å². The van der Waals surface area contributed by atoms with E-state index in [1.807, 2.05) is 67.6 Å². The first kappa shape index (κ1) is 34.4. The molecule has 2 amide bonds. The van der Waals surface area contributed by atoms with E-state index in [1.54, 1.807) is 4.90 Å². The molecule has 3 atom stereocenters. The van der Waals surface area contributed by atoms with E-state index < -0.39 is 0 Å². The van der Waals surface area contributed by atoms with Gasteiger partial charge in [-0.15, -0.1) is 0 Å². The Morgan fingerprint density at radius 2 is 1.79 bits per heavy atom. The maximum Gasteiger partial charge on any atom is 0.227 e. The van der Waals surface area contributed by atoms with Gasteiger partial charge in [0.05, 0.1) is 32.3 Å². The molecule has 0 unspecified atom stereocenters. The summed E-state index contributed by atoms with van der Waals surface area (Å²) in [6, 6.07) is 23.0. The van der Waals surface area contributed by atoms with Crippen LogP contribution in [-0.2, 0) is 27.3 Å². The fourth-order valence-corrected chi connectivity index (χ4v) is 6.00. The fourth-order valence-electron chi connectivity index (χ4n) is 6.00. The van der Waals surface area contributed by atoms with Crippen LogP contribution in [0.5, 0.6) is 17.2 Å². The zero-order valence-corrected chi connectivity index (χ0v) is 27.8. The Morgan fingerprint density at radius 3 is 2.51 bits per heavy atom. The van der Waals surface area contributed by atoms with Gasteiger partial charge in [-0.25, -0.2) is 0 Å². The van der Waals surface area contributed by atoms with Crippen molar-refractivity contribution in [2.45, 2.75) is 45.4 Å². The molecule has 0 radical (unpaired) electrons. The van der Waals surface area contributed by atoms with Gasteiger partial charge in [-0.2, -0.15) is 0 Å². The van der Waals surface area contributed by atoms with Gasteiger partial charge in [-0.05, 0) is 62.0 Å². The molecule has 47 heavy (non-hydrogen) atoms. The Morgan fingerprint density at radius 1 is 1.06 bits per heavy atom. The molecule has 2 N–H and O–H groups in total. The molecule has 0 bridgehead atoms. The van der Waals surface area contributed by atoms with Gasteiger partial charge in [-0.1, -0.05) is 37.3 Å². The van der Waals surface area contributed by atoms with E-state index >= 15 is 0 Å². The van der Waals surface area contributed by atoms with Gasteiger partial charge in [0.15, 0.2) is 0 Å². The molecular weight excluding hydrogens is 596 g/mol. The van der Waals surface area contributed by atoms with Crippen LogP contribution in [-0.4, -0.2) is 103 Å². The van der Waals surface area contributed by atoms with Crippen LogP contribution in [0, 0.1) is 5.92 Å². The number of para-hydroxylation sites is 1. The van der Waals surface area contributed by atoms with Crippen LogP contribution in [0.2, 0.25) is 0 Å². The van der Waals surface area contributed by atoms with Gasteiger partial charge in [-0.3, -0.25) is 19.4 Å². The van der Waals surface area contributed by atoms with E-state index in [0.717, 1.165) is 30.2 Å². The minimum Gasteiger partial charge on any atom is -0.488 e. The number of carbonyl (C=O) groups is 2. The number of hydrogen-bond acceptors (Lipinski definition) is 8. The molecule has 10 nitrogen and oxygen atoms in total. The third-order valence-corrected chi connectivity index (χ3v) is 8.81. The lowest BCUT2D eigenvalue weighted by Gasteiger charge is -2.34. The van der Waals surface area contributed by atoms with Crippen molar-refractivity contribution in [1.82, 2.24) is 14.7 Å². The smallest absolute Gasteiger partial charge is 0.227 e. The lowest BCUT2D eigenvalue weighted by molar-refractivity contribution is -0.134. The Bertz CT molecular complexity index is 1450. The second-order valence-electron chi connectivity index (χ2n) is 12.7. The number of nitrogens with zero attached hydrogens (tertiary/aromatic N) is 3. The molecule has 0 aromatic heterocycles. The van der Waals surface area contributed by atoms with Gasteiger partial charge in [0.25, 0.3) is 0 Å². The number of aliphatic hydroxyl groups excluding tert-OH is 1. The monoisotopic (exact) mass is 644 g/mol. The molecule has 1 fully saturated rings. The van der Waals surface area contributed by atoms with Gasteiger partial charge >= 0.3 is 0 Å². The maximum atomic E-state index is 13.6. The molecular formula is C37H48N4O6. The molecule has 5 rings (SSSR count). The minimum atomic E-state index is -0.329. The number of anilines is 1. The summed E-state index contributed by atoms with van der Waals surface area (Å²) in [5.41, 5.74) is 2.49. The first-order valence-electron chi connectivity index (χ1n) is 16.6. The van der Waals surface area contributed by atoms with Crippen molar-refractivity contribution in [3.8, 4) is 17.2 Å². The number of aliphatic hydroxyl groups is 1. The summed E-state index contributed by atoms with van der Waals surface area (Å²) >= 11 is 0. The fraction of sp³-hybridized carbons (Fsp3) is 0.459. The van der Waals surface area contributed by atoms with Gasteiger partial charge in [0.1, 0.15) is 23.4 Å². The number of amides is 2. The molecule has 3 aromatic rings. The third kappa shape index (κ3) is 10.0. The van der Waals surface area contributed by atoms with Crippen LogP contribution in [0.15, 0.2) is 72.8 Å². The van der Waals surface area contributed by atoms with E-state index in [-0.39, 0.29) is 42.9 Å². The zero-order valence-electron chi connectivity index (χ0n) is 27.8. The number of ether oxygens (including phenoxy) is 3. The number of morpholine rings is 1. The van der Waals surface area contributed by atoms with Crippen molar-refractivity contribution in [3.63, 3.8) is 0 Å². The average molecular weight is 645 g/mol. The summed E-state index contributed by atoms with van der Waals surface area (Å²) < 4.78 is 18.0. The molecule has 0 saturated carbocycles. The Labute approximate surface area is 278 Å². The summed E-state index contributed by atoms with van der Waals surface area (Å²) in [6.07, 6.45) is 0.264. The molecule has 3 aromatic carbocycles. The lowest BCUT2D eigenvalue weighted by Crippen LogP contribution is -2.47. The lowest BCUT2D eigenvalue weighted by atomic mass is 10.0. The first-order valence-corrected chi connectivity index (χ1v) is 16.6. The van der Waals surface area contributed by atoms with Gasteiger partial charge in [0, 0.05) is 62.9 Å². The first-order chi connectivity index (χ1) is 22.8. The van der Waals surface area contributed by atoms with Crippen LogP contribution in [0.1, 0.15) is 31.4 Å². The SMILES string of the molecule is C[C@H]1CN([C@@H](C)CO)C(=O)Cc2cc(NC(=O)CCN3CCOCC3)ccc2O[C@H]1CN(C)Cc1ccc(Oc2ccccc2)cc1. The van der Waals surface area contributed by atoms with Crippen molar-refractivity contribution in [1.29, 1.82) is 0 Å². The number of rotatable bonds is 12. The highest BCUT2D eigenvalue weighted by Crippen LogP contribution is 2.30. The van der Waals surface area contributed by atoms with Crippen molar-refractivity contribution in [2.75, 3.05) is 64.9 Å². The summed E-state index contributed by atoms with van der Waals surface area (Å²) in [6.45, 7) is 9.35. The van der Waals surface area contributed by atoms with E-state index in [9.17, 15) is 14.7 Å². The second kappa shape index (κ2) is 16.7. The minimum absolute atomic E-state index is 0.0115. The normalized spacial score (nSPS) is 19.6. The van der Waals surface area contributed by atoms with E-state index in [2.05, 4.69) is 41.2 Å². The van der Waals surface area contributed by atoms with E-state index in [0.29, 0.717) is 62.8 Å². The number of benzene rings is 3. The van der Waals surface area contributed by atoms with Crippen LogP contribution < -0.4 is 14.8 Å². The number of likely N-dealkylation sites (N-methyl/N-ethyl adjacent to an activating group) is 1. The second-order valence-corrected chi connectivity index (χ2v) is 12.7. The topological polar surface area (TPSA) is 104 Å². The van der Waals surface area contributed by atoms with Crippen molar-refractivity contribution in [3.05, 3.63) is 83.9 Å². The van der Waals surface area contributed by atoms with E-state index in [4.69, 9.17) is 14.2 Å². The highest BCUT2D eigenvalue weighted by molar-refractivity contribution is 5.91. The molecule has 1 saturated heterocycles. The Hall–Kier alpha value is -3.96. The predicted octanol–water partition coefficient (Wildman–Crippen LogP) is 4.42. The van der Waals surface area contributed by atoms with Crippen LogP contribution in [0.3, 0.4) is 0 Å². The summed E-state index contributed by atoms with van der Waals surface area (Å²) in [7, 11) is 2.06. The quantitative estimate of drug-likeness (QED) is 0.299. The number of carbonyl (C=O) groups excluding carboxylic acids is 2. The molecule has 2 aliphatic rings. The number of fused-ring (bicyclic) bond motifs is 1. The van der Waals surface area contributed by atoms with Crippen LogP contribution in [0.4, 0.5) is 5.69 Å². The molecule has 252 valence electrons. The van der Waals surface area contributed by atoms with Crippen molar-refractivity contribution in [2.24, 2.45) is 5.92 Å². The summed E-state index contributed by atoms with van der Waals surface area (Å²) in [5, 5.41) is 13.0. The predicted molar refractivity (Wildman–Crippen MR) is 182 cm³/mol. The Balaban J connectivity index is 1.27. The molecule has 2 aliphatic heterocycles. The highest BCUT2D eigenvalue weighted by Gasteiger charge is 2.31. The standard InChI is InChI=1S/C37H48N4O6/c1-27-23-41(28(2)26-42)37(44)22-30-21-31(38-36(43)15-16-40-17-19-45-20-18-40)11-14-34(30)47-35(27)25-39(3)24-29-9-12-33(13-10-29)46-32-7-5-4-6-8-32/h4-14,21,27-28,35,42H,15-20,22-26H2,1-3H3,(H,38,43)/t27-,28-,35-/m0/s1. The van der Waals surface area contributed by atoms with Crippen molar-refractivity contribution < 1.29 is 28.9 Å². The van der Waals surface area contributed by atoms with Gasteiger partial charge < -0.3 is 29.5 Å². The largest absolute Gasteiger partial charge is 0.488 e. The average Bonchev–Trinajstić information content (AvgIpc) is 3.12. The molecule has 2 heterocycles. The summed E-state index contributed by atoms with van der Waals surface area (Å²) in [5.74, 6) is 2.05. The number of hydrogen-bond donors (Lipinski definition) is 2. The third-order valence-electron chi connectivity index (χ3n) is 8.81. The zero-order chi connectivity index (χ0) is 33.2. The van der Waals surface area contributed by atoms with Crippen LogP contribution >= 0.6 is 0 Å². The highest BCUT2D eigenvalue weighted by atomic mass is 16.5. The maximum absolute atomic E-state index is 13.6. The molecule has 10 heteroatoms. The molecule has 0 aliphatic carbocycles. The number of nitrogens with one attached hydrogen (secondary N) is 1. The van der Waals surface area contributed by atoms with Crippen LogP contribution in [0.25, 0.3) is 0 Å². The molecule has 0 spiro atoms. The Kier molecular flexibility index (Phi) is 12.2. The van der Waals surface area contributed by atoms with Gasteiger partial charge in [0.2, 0.25) is 11.8 Å². The summed E-state index contributed by atoms with van der Waals surface area (Å²) in [4.78, 5) is 32.6.